The number of nitrogens with zero attached hydrogens (tertiary/aromatic N) is 2. The SMILES string of the molecule is CCCC(=O)N1CCN(NS)CC(=O)C1. The third kappa shape index (κ3) is 3.81. The van der Waals surface area contributed by atoms with Gasteiger partial charge in [0.25, 0.3) is 0 Å². The summed E-state index contributed by atoms with van der Waals surface area (Å²) in [5, 5.41) is 1.70. The number of hydrogen-bond donors (Lipinski definition) is 2. The van der Waals surface area contributed by atoms with E-state index in [1.165, 1.54) is 0 Å². The topological polar surface area (TPSA) is 52.7 Å². The van der Waals surface area contributed by atoms with Gasteiger partial charge >= 0.3 is 0 Å². The van der Waals surface area contributed by atoms with Crippen LogP contribution in [0.4, 0.5) is 0 Å². The number of hydrogen-bond acceptors (Lipinski definition) is 5. The van der Waals surface area contributed by atoms with Gasteiger partial charge in [0.2, 0.25) is 5.91 Å². The first kappa shape index (κ1) is 12.5. The molecule has 0 atom stereocenters. The van der Waals surface area contributed by atoms with Crippen LogP contribution in [0.5, 0.6) is 0 Å². The molecule has 0 saturated carbocycles. The highest BCUT2D eigenvalue weighted by molar-refractivity contribution is 7.78. The van der Waals surface area contributed by atoms with Crippen molar-refractivity contribution in [3.05, 3.63) is 0 Å². The van der Waals surface area contributed by atoms with E-state index in [1.807, 2.05) is 6.92 Å². The van der Waals surface area contributed by atoms with E-state index in [0.29, 0.717) is 26.1 Å². The number of carbonyl (C=O) groups excluding carboxylic acids is 2. The lowest BCUT2D eigenvalue weighted by atomic mass is 10.3. The first-order valence-corrected chi connectivity index (χ1v) is 5.56. The average Bonchev–Trinajstić information content (AvgIpc) is 2.40. The highest BCUT2D eigenvalue weighted by Gasteiger charge is 2.22. The second-order valence-corrected chi connectivity index (χ2v) is 3.83. The second-order valence-electron chi connectivity index (χ2n) is 3.63. The Balaban J connectivity index is 2.54. The van der Waals surface area contributed by atoms with E-state index in [0.717, 1.165) is 6.42 Å². The third-order valence-corrected chi connectivity index (χ3v) is 2.62. The number of rotatable bonds is 3. The summed E-state index contributed by atoms with van der Waals surface area (Å²) in [6.07, 6.45) is 1.33. The summed E-state index contributed by atoms with van der Waals surface area (Å²) in [6.45, 7) is 3.70. The molecule has 1 amide bonds. The number of amides is 1. The summed E-state index contributed by atoms with van der Waals surface area (Å²) < 4.78 is 0. The Morgan fingerprint density at radius 3 is 2.80 bits per heavy atom. The van der Waals surface area contributed by atoms with Gasteiger partial charge in [-0.3, -0.25) is 9.59 Å². The molecule has 1 rings (SSSR count). The van der Waals surface area contributed by atoms with Gasteiger partial charge in [0.1, 0.15) is 0 Å². The van der Waals surface area contributed by atoms with E-state index in [9.17, 15) is 9.59 Å². The van der Waals surface area contributed by atoms with E-state index < -0.39 is 0 Å². The van der Waals surface area contributed by atoms with Crippen LogP contribution in [0.15, 0.2) is 0 Å². The normalized spacial score (nSPS) is 19.1. The zero-order valence-corrected chi connectivity index (χ0v) is 9.80. The van der Waals surface area contributed by atoms with E-state index in [1.54, 1.807) is 9.91 Å². The monoisotopic (exact) mass is 231 g/mol. The number of thiol groups is 1. The quantitative estimate of drug-likeness (QED) is 0.663. The van der Waals surface area contributed by atoms with Crippen LogP contribution in [-0.2, 0) is 9.59 Å². The van der Waals surface area contributed by atoms with Crippen LogP contribution in [0.1, 0.15) is 19.8 Å². The number of ketones is 1. The summed E-state index contributed by atoms with van der Waals surface area (Å²) in [5.41, 5.74) is 0. The van der Waals surface area contributed by atoms with Crippen LogP contribution in [-0.4, -0.2) is 47.8 Å². The molecule has 0 aromatic heterocycles. The lowest BCUT2D eigenvalue weighted by Crippen LogP contribution is -2.37. The summed E-state index contributed by atoms with van der Waals surface area (Å²) in [6, 6.07) is 0. The van der Waals surface area contributed by atoms with Gasteiger partial charge in [0, 0.05) is 19.5 Å². The zero-order chi connectivity index (χ0) is 11.3. The third-order valence-electron chi connectivity index (χ3n) is 2.33. The fraction of sp³-hybridized carbons (Fsp3) is 0.778. The predicted molar refractivity (Wildman–Crippen MR) is 60.2 cm³/mol. The fourth-order valence-corrected chi connectivity index (χ4v) is 1.72. The van der Waals surface area contributed by atoms with Crippen LogP contribution >= 0.6 is 12.8 Å². The molecule has 1 saturated heterocycles. The molecule has 0 unspecified atom stereocenters. The highest BCUT2D eigenvalue weighted by Crippen LogP contribution is 2.02. The maximum absolute atomic E-state index is 11.6. The van der Waals surface area contributed by atoms with Gasteiger partial charge in [-0.25, -0.2) is 9.84 Å². The lowest BCUT2D eigenvalue weighted by Gasteiger charge is -2.20. The Morgan fingerprint density at radius 2 is 2.20 bits per heavy atom. The maximum atomic E-state index is 11.6. The molecule has 1 heterocycles. The van der Waals surface area contributed by atoms with Crippen LogP contribution in [0.3, 0.4) is 0 Å². The first-order valence-electron chi connectivity index (χ1n) is 5.11. The van der Waals surface area contributed by atoms with Gasteiger partial charge in [-0.2, -0.15) is 0 Å². The molecule has 0 spiro atoms. The van der Waals surface area contributed by atoms with Gasteiger partial charge < -0.3 is 4.90 Å². The molecule has 1 fully saturated rings. The molecule has 1 aliphatic heterocycles. The maximum Gasteiger partial charge on any atom is 0.223 e. The van der Waals surface area contributed by atoms with E-state index in [-0.39, 0.29) is 18.2 Å². The van der Waals surface area contributed by atoms with Crippen LogP contribution in [0.2, 0.25) is 0 Å². The summed E-state index contributed by atoms with van der Waals surface area (Å²) >= 11 is 3.89. The number of carbonyl (C=O) groups is 2. The van der Waals surface area contributed by atoms with Crippen molar-refractivity contribution in [1.82, 2.24) is 14.7 Å². The molecule has 0 radical (unpaired) electrons. The van der Waals surface area contributed by atoms with Gasteiger partial charge in [0.05, 0.1) is 13.1 Å². The van der Waals surface area contributed by atoms with Gasteiger partial charge in [0.15, 0.2) is 5.78 Å². The Hall–Kier alpha value is -0.590. The van der Waals surface area contributed by atoms with Crippen molar-refractivity contribution in [3.63, 3.8) is 0 Å². The van der Waals surface area contributed by atoms with Crippen LogP contribution in [0, 0.1) is 0 Å². The molecule has 5 nitrogen and oxygen atoms in total. The second kappa shape index (κ2) is 6.09. The van der Waals surface area contributed by atoms with Crippen LogP contribution < -0.4 is 4.83 Å². The predicted octanol–water partition coefficient (Wildman–Crippen LogP) is -0.151. The zero-order valence-electron chi connectivity index (χ0n) is 8.90. The average molecular weight is 231 g/mol. The van der Waals surface area contributed by atoms with Crippen molar-refractivity contribution >= 4 is 24.5 Å². The smallest absolute Gasteiger partial charge is 0.223 e. The van der Waals surface area contributed by atoms with E-state index in [4.69, 9.17) is 0 Å². The minimum absolute atomic E-state index is 0.0403. The van der Waals surface area contributed by atoms with Gasteiger partial charge in [-0.1, -0.05) is 19.7 Å². The minimum atomic E-state index is 0.0403. The van der Waals surface area contributed by atoms with Crippen molar-refractivity contribution < 1.29 is 9.59 Å². The number of nitrogens with one attached hydrogen (secondary N) is 1. The molecule has 6 heteroatoms. The Kier molecular flexibility index (Phi) is 5.07. The molecule has 0 bridgehead atoms. The molecule has 0 aliphatic carbocycles. The molecule has 1 N–H and O–H groups in total. The molecule has 86 valence electrons. The summed E-state index contributed by atoms with van der Waals surface area (Å²) in [5.74, 6) is 0.102. The largest absolute Gasteiger partial charge is 0.334 e. The summed E-state index contributed by atoms with van der Waals surface area (Å²) in [4.78, 5) is 27.3. The molecule has 0 aromatic carbocycles. The standard InChI is InChI=1S/C9H17N3O2S/c1-2-3-9(14)11-4-5-12(10-15)7-8(13)6-11/h10,15H,2-7H2,1H3. The Bertz CT molecular complexity index is 248. The highest BCUT2D eigenvalue weighted by atomic mass is 32.1. The van der Waals surface area contributed by atoms with Crippen molar-refractivity contribution in [2.45, 2.75) is 19.8 Å². The minimum Gasteiger partial charge on any atom is -0.334 e. The molecule has 15 heavy (non-hydrogen) atoms. The Morgan fingerprint density at radius 1 is 1.47 bits per heavy atom. The number of hydrazine groups is 1. The van der Waals surface area contributed by atoms with Gasteiger partial charge in [-0.05, 0) is 6.42 Å². The molecule has 1 aliphatic rings. The van der Waals surface area contributed by atoms with Gasteiger partial charge in [-0.15, -0.1) is 0 Å². The fourth-order valence-electron chi connectivity index (χ4n) is 1.55. The molecular formula is C9H17N3O2S. The molecular weight excluding hydrogens is 214 g/mol. The van der Waals surface area contributed by atoms with E-state index in [2.05, 4.69) is 17.6 Å². The van der Waals surface area contributed by atoms with Crippen LogP contribution in [0.25, 0.3) is 0 Å². The lowest BCUT2D eigenvalue weighted by molar-refractivity contribution is -0.134. The van der Waals surface area contributed by atoms with Crippen molar-refractivity contribution in [1.29, 1.82) is 0 Å². The summed E-state index contributed by atoms with van der Waals surface area (Å²) in [7, 11) is 0. The van der Waals surface area contributed by atoms with E-state index >= 15 is 0 Å². The number of Topliss-reactive ketones (excluding diaryl/α,β-unsaturated/α-hetero) is 1. The van der Waals surface area contributed by atoms with Crippen molar-refractivity contribution in [2.24, 2.45) is 0 Å². The van der Waals surface area contributed by atoms with Crippen molar-refractivity contribution in [2.75, 3.05) is 26.2 Å². The molecule has 0 aromatic rings. The Labute approximate surface area is 95.3 Å². The van der Waals surface area contributed by atoms with Crippen molar-refractivity contribution in [3.8, 4) is 0 Å². The first-order chi connectivity index (χ1) is 7.17.